The number of nitrogens with zero attached hydrogens (tertiary/aromatic N) is 1. The largest absolute Gasteiger partial charge is 0.316 e. The van der Waals surface area contributed by atoms with Crippen LogP contribution in [0.1, 0.15) is 40.0 Å². The van der Waals surface area contributed by atoms with Gasteiger partial charge in [0.15, 0.2) is 0 Å². The van der Waals surface area contributed by atoms with E-state index in [2.05, 4.69) is 38.0 Å². The quantitative estimate of drug-likeness (QED) is 0.752. The van der Waals surface area contributed by atoms with Gasteiger partial charge in [-0.15, -0.1) is 0 Å². The minimum absolute atomic E-state index is 0.434. The van der Waals surface area contributed by atoms with Crippen LogP contribution in [0, 0.1) is 11.3 Å². The Morgan fingerprint density at radius 1 is 1.33 bits per heavy atom. The summed E-state index contributed by atoms with van der Waals surface area (Å²) in [5, 5.41) is 3.44. The topological polar surface area (TPSA) is 15.3 Å². The molecule has 2 nitrogen and oxygen atoms in total. The van der Waals surface area contributed by atoms with Crippen LogP contribution in [0.3, 0.4) is 0 Å². The zero-order chi connectivity index (χ0) is 11.3. The van der Waals surface area contributed by atoms with Gasteiger partial charge in [0.1, 0.15) is 0 Å². The van der Waals surface area contributed by atoms with Crippen LogP contribution in [-0.4, -0.2) is 38.1 Å². The Morgan fingerprint density at radius 2 is 2.07 bits per heavy atom. The van der Waals surface area contributed by atoms with Crippen LogP contribution in [0.4, 0.5) is 0 Å². The second-order valence-electron chi connectivity index (χ2n) is 6.30. The Balaban J connectivity index is 2.03. The molecule has 1 atom stereocenters. The maximum absolute atomic E-state index is 3.44. The predicted molar refractivity (Wildman–Crippen MR) is 67.2 cm³/mol. The summed E-state index contributed by atoms with van der Waals surface area (Å²) in [6.45, 7) is 11.9. The highest BCUT2D eigenvalue weighted by atomic mass is 15.1. The summed E-state index contributed by atoms with van der Waals surface area (Å²) < 4.78 is 0. The van der Waals surface area contributed by atoms with Gasteiger partial charge in [0, 0.05) is 6.54 Å². The lowest BCUT2D eigenvalue weighted by Gasteiger charge is -2.26. The zero-order valence-corrected chi connectivity index (χ0v) is 11.0. The third-order valence-electron chi connectivity index (χ3n) is 3.06. The predicted octanol–water partition coefficient (Wildman–Crippen LogP) is 2.35. The van der Waals surface area contributed by atoms with Crippen molar-refractivity contribution in [2.75, 3.05) is 33.2 Å². The molecule has 0 aliphatic carbocycles. The second kappa shape index (κ2) is 5.86. The van der Waals surface area contributed by atoms with Crippen LogP contribution < -0.4 is 5.32 Å². The molecular weight excluding hydrogens is 184 g/mol. The van der Waals surface area contributed by atoms with E-state index < -0.39 is 0 Å². The van der Waals surface area contributed by atoms with Gasteiger partial charge >= 0.3 is 0 Å². The first kappa shape index (κ1) is 13.0. The van der Waals surface area contributed by atoms with Gasteiger partial charge in [0.25, 0.3) is 0 Å². The molecule has 1 fully saturated rings. The molecule has 1 saturated heterocycles. The molecule has 0 spiro atoms. The van der Waals surface area contributed by atoms with Gasteiger partial charge in [-0.3, -0.25) is 0 Å². The Kier molecular flexibility index (Phi) is 5.07. The van der Waals surface area contributed by atoms with Crippen molar-refractivity contribution < 1.29 is 0 Å². The monoisotopic (exact) mass is 212 g/mol. The molecule has 0 aromatic carbocycles. The van der Waals surface area contributed by atoms with Crippen LogP contribution in [0.15, 0.2) is 0 Å². The first-order valence-corrected chi connectivity index (χ1v) is 6.37. The molecule has 0 aromatic rings. The Morgan fingerprint density at radius 3 is 2.60 bits per heavy atom. The van der Waals surface area contributed by atoms with Crippen molar-refractivity contribution in [3.8, 4) is 0 Å². The first-order valence-electron chi connectivity index (χ1n) is 6.37. The summed E-state index contributed by atoms with van der Waals surface area (Å²) >= 11 is 0. The zero-order valence-electron chi connectivity index (χ0n) is 11.0. The summed E-state index contributed by atoms with van der Waals surface area (Å²) in [4.78, 5) is 2.47. The van der Waals surface area contributed by atoms with Gasteiger partial charge in [-0.05, 0) is 57.3 Å². The summed E-state index contributed by atoms with van der Waals surface area (Å²) in [6, 6.07) is 0. The maximum atomic E-state index is 3.44. The molecule has 0 bridgehead atoms. The highest BCUT2D eigenvalue weighted by Gasteiger charge is 2.16. The maximum Gasteiger partial charge on any atom is 0.00270 e. The average molecular weight is 212 g/mol. The molecular formula is C13H28N2. The standard InChI is InChI=1S/C13H28N2/c1-13(2,3)11-15(4)9-5-6-12-7-8-14-10-12/h12,14H,5-11H2,1-4H3. The summed E-state index contributed by atoms with van der Waals surface area (Å²) in [5.41, 5.74) is 0.434. The Bertz CT molecular complexity index is 166. The molecule has 1 rings (SSSR count). The van der Waals surface area contributed by atoms with E-state index in [1.807, 2.05) is 0 Å². The molecule has 0 aromatic heterocycles. The normalized spacial score (nSPS) is 22.6. The molecule has 15 heavy (non-hydrogen) atoms. The molecule has 1 heterocycles. The third-order valence-corrected chi connectivity index (χ3v) is 3.06. The van der Waals surface area contributed by atoms with Crippen molar-refractivity contribution in [1.29, 1.82) is 0 Å². The molecule has 1 unspecified atom stereocenters. The van der Waals surface area contributed by atoms with Crippen LogP contribution in [0.25, 0.3) is 0 Å². The highest BCUT2D eigenvalue weighted by molar-refractivity contribution is 4.72. The fraction of sp³-hybridized carbons (Fsp3) is 1.00. The molecule has 2 heteroatoms. The minimum Gasteiger partial charge on any atom is -0.316 e. The molecule has 0 saturated carbocycles. The lowest BCUT2D eigenvalue weighted by molar-refractivity contribution is 0.220. The van der Waals surface area contributed by atoms with E-state index in [-0.39, 0.29) is 0 Å². The van der Waals surface area contributed by atoms with Crippen molar-refractivity contribution in [2.24, 2.45) is 11.3 Å². The summed E-state index contributed by atoms with van der Waals surface area (Å²) in [6.07, 6.45) is 4.16. The second-order valence-corrected chi connectivity index (χ2v) is 6.30. The van der Waals surface area contributed by atoms with Gasteiger partial charge in [-0.1, -0.05) is 20.8 Å². The molecule has 0 amide bonds. The molecule has 1 aliphatic rings. The van der Waals surface area contributed by atoms with Crippen LogP contribution in [0.2, 0.25) is 0 Å². The molecule has 90 valence electrons. The lowest BCUT2D eigenvalue weighted by atomic mass is 9.96. The Hall–Kier alpha value is -0.0800. The molecule has 0 radical (unpaired) electrons. The van der Waals surface area contributed by atoms with Crippen molar-refractivity contribution >= 4 is 0 Å². The summed E-state index contributed by atoms with van der Waals surface area (Å²) in [5.74, 6) is 0.952. The van der Waals surface area contributed by atoms with Gasteiger partial charge < -0.3 is 10.2 Å². The first-order chi connectivity index (χ1) is 6.97. The fourth-order valence-corrected chi connectivity index (χ4v) is 2.50. The number of nitrogens with one attached hydrogen (secondary N) is 1. The van der Waals surface area contributed by atoms with E-state index in [1.165, 1.54) is 45.4 Å². The fourth-order valence-electron chi connectivity index (χ4n) is 2.50. The highest BCUT2D eigenvalue weighted by Crippen LogP contribution is 2.17. The van der Waals surface area contributed by atoms with Gasteiger partial charge in [-0.25, -0.2) is 0 Å². The molecule has 1 N–H and O–H groups in total. The smallest absolute Gasteiger partial charge is 0.00270 e. The molecule has 1 aliphatic heterocycles. The van der Waals surface area contributed by atoms with Crippen LogP contribution >= 0.6 is 0 Å². The van der Waals surface area contributed by atoms with Crippen molar-refractivity contribution in [2.45, 2.75) is 40.0 Å². The van der Waals surface area contributed by atoms with E-state index in [0.29, 0.717) is 5.41 Å². The van der Waals surface area contributed by atoms with E-state index in [9.17, 15) is 0 Å². The van der Waals surface area contributed by atoms with Crippen molar-refractivity contribution in [3.05, 3.63) is 0 Å². The minimum atomic E-state index is 0.434. The van der Waals surface area contributed by atoms with Gasteiger partial charge in [-0.2, -0.15) is 0 Å². The average Bonchev–Trinajstić information content (AvgIpc) is 2.53. The van der Waals surface area contributed by atoms with E-state index in [0.717, 1.165) is 5.92 Å². The van der Waals surface area contributed by atoms with Gasteiger partial charge in [0.05, 0.1) is 0 Å². The third kappa shape index (κ3) is 6.16. The van der Waals surface area contributed by atoms with Crippen molar-refractivity contribution in [3.63, 3.8) is 0 Å². The number of hydrogen-bond donors (Lipinski definition) is 1. The van der Waals surface area contributed by atoms with Crippen molar-refractivity contribution in [1.82, 2.24) is 10.2 Å². The van der Waals surface area contributed by atoms with E-state index >= 15 is 0 Å². The van der Waals surface area contributed by atoms with Crippen LogP contribution in [-0.2, 0) is 0 Å². The van der Waals surface area contributed by atoms with Gasteiger partial charge in [0.2, 0.25) is 0 Å². The van der Waals surface area contributed by atoms with E-state index in [1.54, 1.807) is 0 Å². The summed E-state index contributed by atoms with van der Waals surface area (Å²) in [7, 11) is 2.25. The lowest BCUT2D eigenvalue weighted by Crippen LogP contribution is -2.30. The van der Waals surface area contributed by atoms with E-state index in [4.69, 9.17) is 0 Å². The SMILES string of the molecule is CN(CCCC1CCNC1)CC(C)(C)C. The number of rotatable bonds is 5. The number of hydrogen-bond acceptors (Lipinski definition) is 2. The van der Waals surface area contributed by atoms with Crippen LogP contribution in [0.5, 0.6) is 0 Å². The Labute approximate surface area is 95.4 Å².